The minimum absolute atomic E-state index is 0.764. The van der Waals surface area contributed by atoms with E-state index in [1.807, 2.05) is 41.0 Å². The quantitative estimate of drug-likeness (QED) is 0.494. The molecule has 148 valence electrons. The van der Waals surface area contributed by atoms with Crippen LogP contribution in [0.5, 0.6) is 0 Å². The van der Waals surface area contributed by atoms with E-state index in [1.54, 1.807) is 4.90 Å². The van der Waals surface area contributed by atoms with Gasteiger partial charge in [0, 0.05) is 17.5 Å². The van der Waals surface area contributed by atoms with Crippen molar-refractivity contribution in [3.8, 4) is 11.4 Å². The zero-order chi connectivity index (χ0) is 20.1. The van der Waals surface area contributed by atoms with Gasteiger partial charge in [-0.15, -0.1) is 16.4 Å². The number of aryl methyl sites for hydroxylation is 1. The van der Waals surface area contributed by atoms with Crippen LogP contribution in [-0.2, 0) is 19.5 Å². The Balaban J connectivity index is 1.43. The summed E-state index contributed by atoms with van der Waals surface area (Å²) in [5.41, 5.74) is 4.81. The Labute approximate surface area is 178 Å². The second-order valence-electron chi connectivity index (χ2n) is 7.97. The minimum atomic E-state index is 0.764. The van der Waals surface area contributed by atoms with Gasteiger partial charge >= 0.3 is 0 Å². The molecule has 0 saturated carbocycles. The molecule has 30 heavy (non-hydrogen) atoms. The summed E-state index contributed by atoms with van der Waals surface area (Å²) >= 11 is 1.84. The van der Waals surface area contributed by atoms with Crippen LogP contribution < -0.4 is 4.90 Å². The average molecular weight is 413 g/mol. The fourth-order valence-corrected chi connectivity index (χ4v) is 5.80. The second kappa shape index (κ2) is 7.00. The molecular weight excluding hydrogens is 390 g/mol. The summed E-state index contributed by atoms with van der Waals surface area (Å²) < 4.78 is 1.92. The summed E-state index contributed by atoms with van der Waals surface area (Å²) in [6.07, 6.45) is 1.06. The van der Waals surface area contributed by atoms with E-state index in [1.165, 1.54) is 21.4 Å². The van der Waals surface area contributed by atoms with Crippen LogP contribution in [0.1, 0.15) is 21.8 Å². The maximum atomic E-state index is 4.95. The summed E-state index contributed by atoms with van der Waals surface area (Å²) in [5.74, 6) is 1.65. The minimum Gasteiger partial charge on any atom is -0.326 e. The molecule has 0 radical (unpaired) electrons. The molecule has 4 heterocycles. The van der Waals surface area contributed by atoms with E-state index in [4.69, 9.17) is 15.1 Å². The van der Waals surface area contributed by atoms with Crippen LogP contribution in [0, 0.1) is 6.92 Å². The van der Waals surface area contributed by atoms with Crippen LogP contribution in [-0.4, -0.2) is 26.1 Å². The van der Waals surface area contributed by atoms with Crippen LogP contribution in [0.4, 0.5) is 0 Å². The molecule has 1 unspecified atom stereocenters. The zero-order valence-corrected chi connectivity index (χ0v) is 17.6. The fraction of sp³-hybridized carbons (Fsp3) is 0.208. The van der Waals surface area contributed by atoms with Gasteiger partial charge in [-0.2, -0.15) is 4.52 Å². The van der Waals surface area contributed by atoms with Gasteiger partial charge in [-0.1, -0.05) is 60.7 Å². The predicted octanol–water partition coefficient (Wildman–Crippen LogP) is 3.46. The van der Waals surface area contributed by atoms with E-state index in [-0.39, 0.29) is 0 Å². The van der Waals surface area contributed by atoms with Crippen molar-refractivity contribution in [1.29, 1.82) is 0 Å². The van der Waals surface area contributed by atoms with Crippen LogP contribution >= 0.6 is 11.3 Å². The Hall–Kier alpha value is -3.09. The van der Waals surface area contributed by atoms with E-state index in [2.05, 4.69) is 42.5 Å². The fourth-order valence-electron chi connectivity index (χ4n) is 4.47. The molecule has 6 heteroatoms. The molecule has 0 spiro atoms. The lowest BCUT2D eigenvalue weighted by atomic mass is 10.0. The first-order valence-electron chi connectivity index (χ1n) is 10.4. The van der Waals surface area contributed by atoms with Crippen molar-refractivity contribution in [1.82, 2.24) is 19.6 Å². The number of benzene rings is 2. The lowest BCUT2D eigenvalue weighted by Gasteiger charge is -2.24. The number of rotatable bonds is 3. The SMILES string of the molecule is Cc1nc2sc3c(c2c2nc(-c4ccccc4)nn12)CC[NH+](Cc1ccccc1)C3. The molecule has 0 amide bonds. The Morgan fingerprint density at radius 1 is 1.00 bits per heavy atom. The van der Waals surface area contributed by atoms with Gasteiger partial charge in [0.15, 0.2) is 11.5 Å². The third-order valence-electron chi connectivity index (χ3n) is 5.94. The Morgan fingerprint density at radius 3 is 2.57 bits per heavy atom. The van der Waals surface area contributed by atoms with Crippen LogP contribution in [0.3, 0.4) is 0 Å². The van der Waals surface area contributed by atoms with Crippen molar-refractivity contribution >= 4 is 27.2 Å². The van der Waals surface area contributed by atoms with E-state index < -0.39 is 0 Å². The normalized spacial score (nSPS) is 16.2. The monoisotopic (exact) mass is 412 g/mol. The Kier molecular flexibility index (Phi) is 4.14. The van der Waals surface area contributed by atoms with E-state index in [0.29, 0.717) is 0 Å². The van der Waals surface area contributed by atoms with Crippen LogP contribution in [0.25, 0.3) is 27.3 Å². The largest absolute Gasteiger partial charge is 0.326 e. The summed E-state index contributed by atoms with van der Waals surface area (Å²) in [6.45, 7) is 5.27. The predicted molar refractivity (Wildman–Crippen MR) is 120 cm³/mol. The maximum absolute atomic E-state index is 4.95. The zero-order valence-electron chi connectivity index (χ0n) is 16.8. The van der Waals surface area contributed by atoms with Gasteiger partial charge in [0.25, 0.3) is 0 Å². The van der Waals surface area contributed by atoms with Crippen molar-refractivity contribution in [2.24, 2.45) is 0 Å². The lowest BCUT2D eigenvalue weighted by molar-refractivity contribution is -0.929. The molecule has 5 nitrogen and oxygen atoms in total. The molecule has 1 atom stereocenters. The van der Waals surface area contributed by atoms with Crippen molar-refractivity contribution in [2.45, 2.75) is 26.4 Å². The number of nitrogens with zero attached hydrogens (tertiary/aromatic N) is 4. The number of fused-ring (bicyclic) bond motifs is 5. The Morgan fingerprint density at radius 2 is 1.77 bits per heavy atom. The number of thiophene rings is 1. The van der Waals surface area contributed by atoms with Crippen molar-refractivity contribution in [3.63, 3.8) is 0 Å². The summed E-state index contributed by atoms with van der Waals surface area (Å²) in [5, 5.41) is 5.98. The molecule has 2 aromatic carbocycles. The van der Waals surface area contributed by atoms with Gasteiger partial charge in [-0.05, 0) is 12.5 Å². The van der Waals surface area contributed by atoms with Crippen LogP contribution in [0.2, 0.25) is 0 Å². The molecule has 1 aliphatic heterocycles. The van der Waals surface area contributed by atoms with Gasteiger partial charge in [0.2, 0.25) is 0 Å². The molecular formula is C24H22N5S+. The molecule has 1 aliphatic rings. The van der Waals surface area contributed by atoms with E-state index in [0.717, 1.165) is 53.7 Å². The number of hydrogen-bond acceptors (Lipinski definition) is 4. The molecule has 6 rings (SSSR count). The van der Waals surface area contributed by atoms with E-state index >= 15 is 0 Å². The number of nitrogens with one attached hydrogen (secondary N) is 1. The highest BCUT2D eigenvalue weighted by atomic mass is 32.1. The third-order valence-corrected chi connectivity index (χ3v) is 7.07. The number of quaternary nitrogens is 1. The first-order valence-corrected chi connectivity index (χ1v) is 11.2. The van der Waals surface area contributed by atoms with E-state index in [9.17, 15) is 0 Å². The maximum Gasteiger partial charge on any atom is 0.182 e. The van der Waals surface area contributed by atoms with Gasteiger partial charge in [0.05, 0.1) is 16.8 Å². The van der Waals surface area contributed by atoms with Gasteiger partial charge < -0.3 is 4.90 Å². The number of hydrogen-bond donors (Lipinski definition) is 1. The molecule has 5 aromatic rings. The molecule has 0 saturated heterocycles. The molecule has 1 N–H and O–H groups in total. The smallest absolute Gasteiger partial charge is 0.182 e. The standard InChI is InChI=1S/C24H21N5S/c1-16-25-24-21(23-26-22(27-29(16)23)18-10-6-3-7-11-18)19-12-13-28(15-20(19)30-24)14-17-8-4-2-5-9-17/h2-11H,12-15H2,1H3/p+1. The first kappa shape index (κ1) is 17.7. The Bertz CT molecular complexity index is 1350. The summed E-state index contributed by atoms with van der Waals surface area (Å²) in [6, 6.07) is 21.0. The third kappa shape index (κ3) is 2.91. The highest BCUT2D eigenvalue weighted by Crippen LogP contribution is 2.34. The van der Waals surface area contributed by atoms with Crippen molar-refractivity contribution in [2.75, 3.05) is 6.54 Å². The van der Waals surface area contributed by atoms with Gasteiger partial charge in [0.1, 0.15) is 23.7 Å². The van der Waals surface area contributed by atoms with Crippen LogP contribution in [0.15, 0.2) is 60.7 Å². The highest BCUT2D eigenvalue weighted by molar-refractivity contribution is 7.19. The van der Waals surface area contributed by atoms with Crippen molar-refractivity contribution < 1.29 is 4.90 Å². The lowest BCUT2D eigenvalue weighted by Crippen LogP contribution is -3.10. The van der Waals surface area contributed by atoms with Gasteiger partial charge in [-0.3, -0.25) is 0 Å². The molecule has 0 fully saturated rings. The highest BCUT2D eigenvalue weighted by Gasteiger charge is 2.27. The molecule has 0 bridgehead atoms. The van der Waals surface area contributed by atoms with Crippen molar-refractivity contribution in [3.05, 3.63) is 82.5 Å². The molecule has 3 aromatic heterocycles. The topological polar surface area (TPSA) is 47.5 Å². The van der Waals surface area contributed by atoms with Gasteiger partial charge in [-0.25, -0.2) is 9.97 Å². The molecule has 0 aliphatic carbocycles. The number of aromatic nitrogens is 4. The second-order valence-corrected chi connectivity index (χ2v) is 9.05. The summed E-state index contributed by atoms with van der Waals surface area (Å²) in [7, 11) is 0. The summed E-state index contributed by atoms with van der Waals surface area (Å²) in [4.78, 5) is 14.0. The average Bonchev–Trinajstić information content (AvgIpc) is 3.36. The first-order chi connectivity index (χ1) is 14.8.